The molecular weight excluding hydrogens is 534 g/mol. The van der Waals surface area contributed by atoms with Gasteiger partial charge in [0.15, 0.2) is 0 Å². The van der Waals surface area contributed by atoms with Gasteiger partial charge in [0.1, 0.15) is 17.2 Å². The van der Waals surface area contributed by atoms with Gasteiger partial charge in [0.2, 0.25) is 5.91 Å². The maximum atomic E-state index is 14.0. The molecule has 0 N–H and O–H groups in total. The number of anilines is 1. The van der Waals surface area contributed by atoms with Gasteiger partial charge in [-0.3, -0.25) is 14.0 Å². The van der Waals surface area contributed by atoms with Crippen molar-refractivity contribution in [1.29, 1.82) is 0 Å². The molecule has 1 heterocycles. The van der Waals surface area contributed by atoms with Gasteiger partial charge < -0.3 is 9.64 Å². The molecule has 1 aliphatic heterocycles. The third-order valence-electron chi connectivity index (χ3n) is 7.47. The number of sulfonamides is 1. The van der Waals surface area contributed by atoms with Gasteiger partial charge >= 0.3 is 0 Å². The van der Waals surface area contributed by atoms with Crippen molar-refractivity contribution >= 4 is 21.6 Å². The van der Waals surface area contributed by atoms with Gasteiger partial charge in [0, 0.05) is 26.2 Å². The molecule has 0 unspecified atom stereocenters. The molecule has 7 nitrogen and oxygen atoms in total. The number of benzene rings is 4. The van der Waals surface area contributed by atoms with E-state index < -0.39 is 10.0 Å². The maximum absolute atomic E-state index is 14.0. The van der Waals surface area contributed by atoms with Gasteiger partial charge in [0.25, 0.3) is 10.0 Å². The van der Waals surface area contributed by atoms with Crippen molar-refractivity contribution in [3.8, 4) is 5.75 Å². The van der Waals surface area contributed by atoms with Crippen LogP contribution in [-0.2, 0) is 14.8 Å². The number of hydrogen-bond donors (Lipinski definition) is 0. The number of nitrogens with zero attached hydrogens (tertiary/aromatic N) is 3. The van der Waals surface area contributed by atoms with Crippen LogP contribution >= 0.6 is 0 Å². The molecule has 8 heteroatoms. The minimum atomic E-state index is -4.10. The summed E-state index contributed by atoms with van der Waals surface area (Å²) in [6.07, 6.45) is 0. The number of carbonyl (C=O) groups excluding carboxylic acids is 1. The number of rotatable bonds is 9. The van der Waals surface area contributed by atoms with Crippen LogP contribution in [0.4, 0.5) is 5.69 Å². The van der Waals surface area contributed by atoms with E-state index in [0.717, 1.165) is 5.56 Å². The van der Waals surface area contributed by atoms with E-state index in [0.29, 0.717) is 31.9 Å². The molecule has 4 aromatic rings. The third-order valence-corrected chi connectivity index (χ3v) is 9.27. The number of aryl methyl sites for hydroxylation is 1. The zero-order valence-electron chi connectivity index (χ0n) is 23.4. The van der Waals surface area contributed by atoms with E-state index in [2.05, 4.69) is 29.2 Å². The average molecular weight is 570 g/mol. The van der Waals surface area contributed by atoms with Gasteiger partial charge in [-0.05, 0) is 47.9 Å². The Labute approximate surface area is 242 Å². The fourth-order valence-corrected chi connectivity index (χ4v) is 7.01. The van der Waals surface area contributed by atoms with Gasteiger partial charge in [-0.1, -0.05) is 84.9 Å². The van der Waals surface area contributed by atoms with Crippen molar-refractivity contribution in [2.75, 3.05) is 44.1 Å². The molecule has 5 rings (SSSR count). The van der Waals surface area contributed by atoms with Crippen LogP contribution in [0.3, 0.4) is 0 Å². The molecule has 0 atom stereocenters. The average Bonchev–Trinajstić information content (AvgIpc) is 3.01. The summed E-state index contributed by atoms with van der Waals surface area (Å²) in [7, 11) is -2.66. The number of methoxy groups -OCH3 is 1. The van der Waals surface area contributed by atoms with Crippen molar-refractivity contribution in [1.82, 2.24) is 9.80 Å². The van der Waals surface area contributed by atoms with Gasteiger partial charge in [-0.25, -0.2) is 8.42 Å². The van der Waals surface area contributed by atoms with Gasteiger partial charge in [0.05, 0.1) is 18.8 Å². The highest BCUT2D eigenvalue weighted by Gasteiger charge is 2.33. The fourth-order valence-electron chi connectivity index (χ4n) is 5.35. The Bertz CT molecular complexity index is 1520. The zero-order chi connectivity index (χ0) is 28.8. The Kier molecular flexibility index (Phi) is 8.71. The van der Waals surface area contributed by atoms with Crippen LogP contribution in [0.1, 0.15) is 22.7 Å². The molecule has 0 aliphatic carbocycles. The molecule has 0 radical (unpaired) electrons. The third kappa shape index (κ3) is 6.29. The predicted molar refractivity (Wildman–Crippen MR) is 162 cm³/mol. The van der Waals surface area contributed by atoms with E-state index in [9.17, 15) is 13.2 Å². The second-order valence-corrected chi connectivity index (χ2v) is 12.0. The van der Waals surface area contributed by atoms with Crippen molar-refractivity contribution < 1.29 is 17.9 Å². The smallest absolute Gasteiger partial charge is 0.268 e. The lowest BCUT2D eigenvalue weighted by Gasteiger charge is -2.40. The molecule has 41 heavy (non-hydrogen) atoms. The Morgan fingerprint density at radius 1 is 0.805 bits per heavy atom. The topological polar surface area (TPSA) is 70.2 Å². The minimum Gasteiger partial charge on any atom is -0.495 e. The van der Waals surface area contributed by atoms with Crippen LogP contribution in [0.5, 0.6) is 5.75 Å². The number of carbonyl (C=O) groups is 1. The number of piperazine rings is 1. The normalized spacial score (nSPS) is 14.2. The first-order valence-electron chi connectivity index (χ1n) is 13.7. The van der Waals surface area contributed by atoms with Gasteiger partial charge in [-0.15, -0.1) is 0 Å². The van der Waals surface area contributed by atoms with E-state index in [1.807, 2.05) is 49.4 Å². The molecule has 0 bridgehead atoms. The van der Waals surface area contributed by atoms with Crippen LogP contribution in [0.25, 0.3) is 0 Å². The maximum Gasteiger partial charge on any atom is 0.268 e. The SMILES string of the molecule is COc1ccc(C)cc1S(=O)(=O)N(CC(=O)N1CCN(C(c2ccccc2)c2ccccc2)CC1)c1ccccc1. The molecule has 1 aliphatic rings. The van der Waals surface area contributed by atoms with E-state index in [-0.39, 0.29) is 29.1 Å². The van der Waals surface area contributed by atoms with Crippen molar-refractivity contribution in [2.45, 2.75) is 17.9 Å². The number of ether oxygens (including phenoxy) is 1. The highest BCUT2D eigenvalue weighted by atomic mass is 32.2. The first-order chi connectivity index (χ1) is 19.9. The molecule has 1 fully saturated rings. The molecule has 0 saturated carbocycles. The number of amides is 1. The van der Waals surface area contributed by atoms with E-state index in [1.54, 1.807) is 47.4 Å². The second kappa shape index (κ2) is 12.6. The van der Waals surface area contributed by atoms with Crippen LogP contribution in [0, 0.1) is 6.92 Å². The first kappa shape index (κ1) is 28.4. The molecule has 1 amide bonds. The van der Waals surface area contributed by atoms with Crippen LogP contribution in [-0.4, -0.2) is 64.0 Å². The summed E-state index contributed by atoms with van der Waals surface area (Å²) in [5.41, 5.74) is 3.61. The summed E-state index contributed by atoms with van der Waals surface area (Å²) in [4.78, 5) is 17.9. The molecular formula is C33H35N3O4S. The standard InChI is InChI=1S/C33H35N3O4S/c1-26-18-19-30(40-2)31(24-26)41(38,39)36(29-16-10-5-11-17-29)25-32(37)34-20-22-35(23-21-34)33(27-12-6-3-7-13-27)28-14-8-4-9-15-28/h3-19,24,33H,20-23,25H2,1-2H3. The summed E-state index contributed by atoms with van der Waals surface area (Å²) in [5, 5.41) is 0. The Morgan fingerprint density at radius 3 is 1.88 bits per heavy atom. The zero-order valence-corrected chi connectivity index (χ0v) is 24.2. The summed E-state index contributed by atoms with van der Waals surface area (Å²) < 4.78 is 34.6. The van der Waals surface area contributed by atoms with E-state index in [1.165, 1.54) is 22.5 Å². The highest BCUT2D eigenvalue weighted by Crippen LogP contribution is 2.32. The number of para-hydroxylation sites is 1. The van der Waals surface area contributed by atoms with Crippen LogP contribution in [0.15, 0.2) is 114 Å². The van der Waals surface area contributed by atoms with Crippen LogP contribution in [0.2, 0.25) is 0 Å². The molecule has 0 spiro atoms. The van der Waals surface area contributed by atoms with Crippen molar-refractivity contribution in [3.05, 3.63) is 126 Å². The second-order valence-electron chi connectivity index (χ2n) is 10.1. The summed E-state index contributed by atoms with van der Waals surface area (Å²) in [6, 6.07) is 34.6. The summed E-state index contributed by atoms with van der Waals surface area (Å²) >= 11 is 0. The minimum absolute atomic E-state index is 0.0371. The Hall–Kier alpha value is -4.14. The molecule has 1 saturated heterocycles. The summed E-state index contributed by atoms with van der Waals surface area (Å²) in [6.45, 7) is 3.88. The first-order valence-corrected chi connectivity index (χ1v) is 15.2. The lowest BCUT2D eigenvalue weighted by molar-refractivity contribution is -0.131. The van der Waals surface area contributed by atoms with Crippen LogP contribution < -0.4 is 9.04 Å². The van der Waals surface area contributed by atoms with Crippen molar-refractivity contribution in [2.24, 2.45) is 0 Å². The van der Waals surface area contributed by atoms with Crippen molar-refractivity contribution in [3.63, 3.8) is 0 Å². The Morgan fingerprint density at radius 2 is 1.34 bits per heavy atom. The lowest BCUT2D eigenvalue weighted by atomic mass is 9.96. The molecule has 0 aromatic heterocycles. The van der Waals surface area contributed by atoms with E-state index in [4.69, 9.17) is 4.74 Å². The lowest BCUT2D eigenvalue weighted by Crippen LogP contribution is -2.52. The molecule has 4 aromatic carbocycles. The summed E-state index contributed by atoms with van der Waals surface area (Å²) in [5.74, 6) is 0.00475. The molecule has 212 valence electrons. The fraction of sp³-hybridized carbons (Fsp3) is 0.242. The van der Waals surface area contributed by atoms with Gasteiger partial charge in [-0.2, -0.15) is 0 Å². The number of hydrogen-bond acceptors (Lipinski definition) is 5. The predicted octanol–water partition coefficient (Wildman–Crippen LogP) is 5.13. The monoisotopic (exact) mass is 569 g/mol. The largest absolute Gasteiger partial charge is 0.495 e. The van der Waals surface area contributed by atoms with E-state index >= 15 is 0 Å². The quantitative estimate of drug-likeness (QED) is 0.280. The highest BCUT2D eigenvalue weighted by molar-refractivity contribution is 7.93. The Balaban J connectivity index is 1.37.